The highest BCUT2D eigenvalue weighted by Crippen LogP contribution is 2.41. The molecular formula is C29H33F3N6O2S. The van der Waals surface area contributed by atoms with E-state index in [0.29, 0.717) is 37.1 Å². The number of carbonyl (C=O) groups excluding carboxylic acids is 2. The van der Waals surface area contributed by atoms with Crippen LogP contribution in [0.5, 0.6) is 0 Å². The van der Waals surface area contributed by atoms with Crippen molar-refractivity contribution in [1.82, 2.24) is 30.1 Å². The van der Waals surface area contributed by atoms with Gasteiger partial charge in [0.05, 0.1) is 23.4 Å². The number of likely N-dealkylation sites (tertiary alicyclic amines) is 1. The van der Waals surface area contributed by atoms with Gasteiger partial charge in [0.1, 0.15) is 5.01 Å². The molecule has 2 aliphatic rings. The number of piperidine rings is 1. The molecule has 2 aromatic heterocycles. The van der Waals surface area contributed by atoms with Gasteiger partial charge in [-0.2, -0.15) is 18.3 Å². The topological polar surface area (TPSA) is 91.6 Å². The molecule has 0 bridgehead atoms. The fraction of sp³-hybridized carbons (Fsp3) is 0.448. The van der Waals surface area contributed by atoms with E-state index in [1.54, 1.807) is 27.6 Å². The van der Waals surface area contributed by atoms with Gasteiger partial charge in [-0.05, 0) is 57.4 Å². The van der Waals surface area contributed by atoms with Gasteiger partial charge in [0.25, 0.3) is 0 Å². The molecule has 5 rings (SSSR count). The number of allylic oxidation sites excluding steroid dienone is 2. The predicted molar refractivity (Wildman–Crippen MR) is 151 cm³/mol. The van der Waals surface area contributed by atoms with Crippen molar-refractivity contribution in [2.45, 2.75) is 52.3 Å². The number of amides is 3. The molecule has 1 aromatic carbocycles. The van der Waals surface area contributed by atoms with E-state index in [-0.39, 0.29) is 24.4 Å². The number of urea groups is 1. The summed E-state index contributed by atoms with van der Waals surface area (Å²) in [6, 6.07) is 5.03. The van der Waals surface area contributed by atoms with Gasteiger partial charge < -0.3 is 15.5 Å². The molecule has 2 N–H and O–H groups in total. The van der Waals surface area contributed by atoms with E-state index in [2.05, 4.69) is 20.7 Å². The Morgan fingerprint density at radius 3 is 2.68 bits per heavy atom. The number of alkyl halides is 3. The molecule has 3 heterocycles. The quantitative estimate of drug-likeness (QED) is 0.428. The molecule has 218 valence electrons. The molecule has 41 heavy (non-hydrogen) atoms. The monoisotopic (exact) mass is 586 g/mol. The molecule has 0 spiro atoms. The minimum absolute atomic E-state index is 0.195. The number of aromatic nitrogens is 3. The summed E-state index contributed by atoms with van der Waals surface area (Å²) >= 11 is 1.49. The van der Waals surface area contributed by atoms with Crippen molar-refractivity contribution in [3.05, 3.63) is 70.0 Å². The number of fused-ring (bicyclic) bond motifs is 2. The highest BCUT2D eigenvalue weighted by atomic mass is 32.1. The Morgan fingerprint density at radius 1 is 1.20 bits per heavy atom. The summed E-state index contributed by atoms with van der Waals surface area (Å²) in [6.45, 7) is 8.66. The highest BCUT2D eigenvalue weighted by molar-refractivity contribution is 7.16. The Morgan fingerprint density at radius 2 is 1.98 bits per heavy atom. The Kier molecular flexibility index (Phi) is 7.71. The van der Waals surface area contributed by atoms with Gasteiger partial charge in [-0.3, -0.25) is 4.79 Å². The molecule has 1 aliphatic heterocycles. The van der Waals surface area contributed by atoms with Crippen LogP contribution in [-0.4, -0.2) is 56.6 Å². The molecule has 3 aromatic rings. The van der Waals surface area contributed by atoms with Crippen LogP contribution in [0.25, 0.3) is 10.5 Å². The van der Waals surface area contributed by atoms with E-state index < -0.39 is 23.2 Å². The first-order valence-electron chi connectivity index (χ1n) is 13.5. The maximum atomic E-state index is 13.5. The van der Waals surface area contributed by atoms with Crippen LogP contribution in [0.3, 0.4) is 0 Å². The molecule has 0 saturated carbocycles. The minimum atomic E-state index is -4.46. The number of imidazole rings is 1. The van der Waals surface area contributed by atoms with E-state index in [1.807, 2.05) is 33.9 Å². The van der Waals surface area contributed by atoms with E-state index in [4.69, 9.17) is 0 Å². The maximum absolute atomic E-state index is 13.5. The summed E-state index contributed by atoms with van der Waals surface area (Å²) in [6.07, 6.45) is 1.88. The molecule has 0 radical (unpaired) electrons. The predicted octanol–water partition coefficient (Wildman–Crippen LogP) is 5.25. The highest BCUT2D eigenvalue weighted by Gasteiger charge is 2.39. The van der Waals surface area contributed by atoms with Crippen LogP contribution in [0.4, 0.5) is 18.0 Å². The van der Waals surface area contributed by atoms with Crippen LogP contribution in [0.15, 0.2) is 48.2 Å². The van der Waals surface area contributed by atoms with E-state index >= 15 is 0 Å². The molecule has 2 unspecified atom stereocenters. The number of hydrogen-bond donors (Lipinski definition) is 2. The van der Waals surface area contributed by atoms with E-state index in [0.717, 1.165) is 33.4 Å². The number of nitrogens with zero attached hydrogens (tertiary/aromatic N) is 4. The van der Waals surface area contributed by atoms with Gasteiger partial charge in [0, 0.05) is 37.5 Å². The summed E-state index contributed by atoms with van der Waals surface area (Å²) in [5.41, 5.74) is 1.68. The Balaban J connectivity index is 1.36. The van der Waals surface area contributed by atoms with Crippen LogP contribution in [0, 0.1) is 18.8 Å². The van der Waals surface area contributed by atoms with Gasteiger partial charge in [-0.25, -0.2) is 14.3 Å². The average Bonchev–Trinajstić information content (AvgIpc) is 3.43. The van der Waals surface area contributed by atoms with Crippen molar-refractivity contribution in [1.29, 1.82) is 0 Å². The van der Waals surface area contributed by atoms with Crippen molar-refractivity contribution in [3.8, 4) is 0 Å². The lowest BCUT2D eigenvalue weighted by Gasteiger charge is -2.41. The van der Waals surface area contributed by atoms with Crippen LogP contribution >= 0.6 is 11.3 Å². The number of benzene rings is 1. The fourth-order valence-electron chi connectivity index (χ4n) is 5.38. The van der Waals surface area contributed by atoms with Crippen LogP contribution < -0.4 is 10.6 Å². The van der Waals surface area contributed by atoms with Crippen LogP contribution in [0.2, 0.25) is 0 Å². The Labute approximate surface area is 240 Å². The lowest BCUT2D eigenvalue weighted by Crippen LogP contribution is -2.53. The average molecular weight is 587 g/mol. The standard InChI is InChI=1S/C29H33F3N6O2S/c1-17-36-38-15-20(34-27(38)41-17)10-12-33-25(39)23-9-8-21(18-6-5-7-19(14-18)29(30,31)32)22-11-13-37(16-24(22)23)26(40)35-28(2,3)4/h5-9,14-15,23-24H,10-13,16H2,1-4H3,(H,33,39)(H,35,40). The second kappa shape index (κ2) is 11.0. The SMILES string of the molecule is Cc1nn2cc(CCNC(=O)C3C=CC(c4cccc(C(F)(F)F)c4)=C4CCN(C(=O)NC(C)(C)C)CC43)nc2s1. The van der Waals surface area contributed by atoms with Gasteiger partial charge in [-0.1, -0.05) is 41.2 Å². The number of carbonyl (C=O) groups is 2. The van der Waals surface area contributed by atoms with Gasteiger partial charge in [-0.15, -0.1) is 0 Å². The summed E-state index contributed by atoms with van der Waals surface area (Å²) in [4.78, 5) is 33.5. The number of aryl methyl sites for hydroxylation is 1. The molecule has 1 aliphatic carbocycles. The van der Waals surface area contributed by atoms with Crippen LogP contribution in [0.1, 0.15) is 49.0 Å². The summed E-state index contributed by atoms with van der Waals surface area (Å²) in [7, 11) is 0. The molecule has 1 saturated heterocycles. The van der Waals surface area contributed by atoms with Crippen molar-refractivity contribution >= 4 is 33.8 Å². The Hall–Kier alpha value is -3.67. The van der Waals surface area contributed by atoms with E-state index in [1.165, 1.54) is 17.4 Å². The molecule has 1 fully saturated rings. The molecule has 8 nitrogen and oxygen atoms in total. The summed E-state index contributed by atoms with van der Waals surface area (Å²) in [5, 5.41) is 11.3. The van der Waals surface area contributed by atoms with Crippen molar-refractivity contribution in [2.75, 3.05) is 19.6 Å². The zero-order valence-electron chi connectivity index (χ0n) is 23.4. The van der Waals surface area contributed by atoms with Crippen molar-refractivity contribution in [3.63, 3.8) is 0 Å². The zero-order valence-corrected chi connectivity index (χ0v) is 24.2. The van der Waals surface area contributed by atoms with Crippen molar-refractivity contribution < 1.29 is 22.8 Å². The number of halogens is 3. The minimum Gasteiger partial charge on any atom is -0.355 e. The zero-order chi connectivity index (χ0) is 29.5. The number of rotatable bonds is 5. The first-order chi connectivity index (χ1) is 19.3. The summed E-state index contributed by atoms with van der Waals surface area (Å²) in [5.74, 6) is -1.13. The Bertz CT molecular complexity index is 1500. The van der Waals surface area contributed by atoms with E-state index in [9.17, 15) is 22.8 Å². The fourth-order valence-corrected chi connectivity index (χ4v) is 6.12. The van der Waals surface area contributed by atoms with Crippen LogP contribution in [-0.2, 0) is 17.4 Å². The van der Waals surface area contributed by atoms with Gasteiger partial charge in [0.15, 0.2) is 0 Å². The second-order valence-corrected chi connectivity index (χ2v) is 12.7. The van der Waals surface area contributed by atoms with Gasteiger partial charge >= 0.3 is 12.2 Å². The van der Waals surface area contributed by atoms with Crippen molar-refractivity contribution in [2.24, 2.45) is 11.8 Å². The normalized spacial score (nSPS) is 19.4. The largest absolute Gasteiger partial charge is 0.416 e. The maximum Gasteiger partial charge on any atom is 0.416 e. The summed E-state index contributed by atoms with van der Waals surface area (Å²) < 4.78 is 42.1. The molecule has 12 heteroatoms. The first kappa shape index (κ1) is 28.8. The molecular weight excluding hydrogens is 553 g/mol. The third-order valence-electron chi connectivity index (χ3n) is 7.21. The smallest absolute Gasteiger partial charge is 0.355 e. The lowest BCUT2D eigenvalue weighted by atomic mass is 9.73. The third kappa shape index (κ3) is 6.47. The molecule has 3 amide bonds. The van der Waals surface area contributed by atoms with Gasteiger partial charge in [0.2, 0.25) is 10.9 Å². The number of hydrogen-bond acceptors (Lipinski definition) is 5. The molecule has 2 atom stereocenters. The lowest BCUT2D eigenvalue weighted by molar-refractivity contribution is -0.137. The number of nitrogens with one attached hydrogen (secondary N) is 2. The third-order valence-corrected chi connectivity index (χ3v) is 8.05. The first-order valence-corrected chi connectivity index (χ1v) is 14.4. The second-order valence-electron chi connectivity index (χ2n) is 11.5.